The van der Waals surface area contributed by atoms with Crippen LogP contribution in [0.3, 0.4) is 0 Å². The van der Waals surface area contributed by atoms with Gasteiger partial charge in [0.05, 0.1) is 18.9 Å². The Hall–Kier alpha value is -2.87. The molecule has 1 fully saturated rings. The van der Waals surface area contributed by atoms with Crippen LogP contribution in [0.25, 0.3) is 11.3 Å². The lowest BCUT2D eigenvalue weighted by molar-refractivity contribution is -0.116. The van der Waals surface area contributed by atoms with Gasteiger partial charge in [-0.25, -0.2) is 4.98 Å². The van der Waals surface area contributed by atoms with Crippen LogP contribution in [0.4, 0.5) is 5.13 Å². The number of thiazole rings is 1. The van der Waals surface area contributed by atoms with Gasteiger partial charge in [-0.1, -0.05) is 71.5 Å². The zero-order valence-corrected chi connectivity index (χ0v) is 19.0. The maximum Gasteiger partial charge on any atom is 0.226 e. The molecule has 2 heterocycles. The third-order valence-electron chi connectivity index (χ3n) is 5.41. The number of hydrogen-bond donors (Lipinski definition) is 1. The number of aromatic nitrogens is 1. The van der Waals surface area contributed by atoms with Crippen LogP contribution in [-0.2, 0) is 16.1 Å². The van der Waals surface area contributed by atoms with Crippen molar-refractivity contribution in [3.8, 4) is 11.3 Å². The van der Waals surface area contributed by atoms with E-state index in [0.717, 1.165) is 54.5 Å². The van der Waals surface area contributed by atoms with E-state index < -0.39 is 0 Å². The molecule has 1 N–H and O–H groups in total. The zero-order valence-electron chi connectivity index (χ0n) is 18.2. The minimum Gasteiger partial charge on any atom is -0.379 e. The van der Waals surface area contributed by atoms with E-state index in [1.807, 2.05) is 49.4 Å². The van der Waals surface area contributed by atoms with E-state index in [0.29, 0.717) is 10.7 Å². The van der Waals surface area contributed by atoms with Gasteiger partial charge in [0.15, 0.2) is 10.9 Å². The van der Waals surface area contributed by atoms with Crippen LogP contribution in [0.2, 0.25) is 0 Å². The predicted octanol–water partition coefficient (Wildman–Crippen LogP) is 4.55. The van der Waals surface area contributed by atoms with Crippen molar-refractivity contribution in [3.05, 3.63) is 70.6 Å². The van der Waals surface area contributed by atoms with Crippen LogP contribution in [-0.4, -0.2) is 47.9 Å². The Morgan fingerprint density at radius 3 is 2.47 bits per heavy atom. The van der Waals surface area contributed by atoms with Crippen molar-refractivity contribution in [2.24, 2.45) is 0 Å². The maximum absolute atomic E-state index is 12.5. The predicted molar refractivity (Wildman–Crippen MR) is 127 cm³/mol. The summed E-state index contributed by atoms with van der Waals surface area (Å²) in [6.45, 7) is 5.99. The summed E-state index contributed by atoms with van der Waals surface area (Å²) in [5, 5.41) is 3.47. The second-order valence-electron chi connectivity index (χ2n) is 7.88. The Bertz CT molecular complexity index is 1060. The third-order valence-corrected chi connectivity index (χ3v) is 6.37. The number of nitrogens with zero attached hydrogens (tertiary/aromatic N) is 2. The minimum atomic E-state index is -0.197. The number of morpholine rings is 1. The molecule has 0 unspecified atom stereocenters. The summed E-state index contributed by atoms with van der Waals surface area (Å²) < 4.78 is 5.46. The molecule has 32 heavy (non-hydrogen) atoms. The first-order valence-electron chi connectivity index (χ1n) is 10.8. The molecular formula is C25H27N3O3S. The van der Waals surface area contributed by atoms with Gasteiger partial charge < -0.3 is 10.1 Å². The number of rotatable bonds is 8. The molecule has 1 amide bonds. The van der Waals surface area contributed by atoms with E-state index >= 15 is 0 Å². The lowest BCUT2D eigenvalue weighted by atomic mass is 10.1. The van der Waals surface area contributed by atoms with Crippen molar-refractivity contribution in [1.82, 2.24) is 9.88 Å². The number of nitrogens with one attached hydrogen (secondary N) is 1. The number of benzene rings is 2. The summed E-state index contributed by atoms with van der Waals surface area (Å²) in [5.74, 6) is -0.228. The van der Waals surface area contributed by atoms with Crippen molar-refractivity contribution < 1.29 is 14.3 Å². The van der Waals surface area contributed by atoms with E-state index in [-0.39, 0.29) is 24.5 Å². The number of ether oxygens (including phenoxy) is 1. The van der Waals surface area contributed by atoms with Crippen molar-refractivity contribution in [1.29, 1.82) is 0 Å². The summed E-state index contributed by atoms with van der Waals surface area (Å²) >= 11 is 1.50. The molecule has 4 rings (SSSR count). The summed E-state index contributed by atoms with van der Waals surface area (Å²) in [6.07, 6.45) is 0.304. The van der Waals surface area contributed by atoms with Gasteiger partial charge in [0.1, 0.15) is 0 Å². The monoisotopic (exact) mass is 449 g/mol. The fourth-order valence-corrected chi connectivity index (χ4v) is 4.63. The number of hydrogen-bond acceptors (Lipinski definition) is 6. The molecule has 1 aliphatic rings. The smallest absolute Gasteiger partial charge is 0.226 e. The SMILES string of the molecule is Cc1ccc(C(=O)CCC(=O)Nc2nc(-c3ccccc3)c(CN3CCOCC3)s2)cc1. The molecule has 0 saturated carbocycles. The van der Waals surface area contributed by atoms with Gasteiger partial charge in [0, 0.05) is 48.5 Å². The van der Waals surface area contributed by atoms with Crippen molar-refractivity contribution in [3.63, 3.8) is 0 Å². The molecule has 166 valence electrons. The quantitative estimate of drug-likeness (QED) is 0.511. The molecule has 0 atom stereocenters. The number of carbonyl (C=O) groups is 2. The normalized spacial score (nSPS) is 14.3. The van der Waals surface area contributed by atoms with Gasteiger partial charge in [-0.05, 0) is 6.92 Å². The highest BCUT2D eigenvalue weighted by Gasteiger charge is 2.19. The van der Waals surface area contributed by atoms with Gasteiger partial charge in [-0.2, -0.15) is 0 Å². The topological polar surface area (TPSA) is 71.5 Å². The van der Waals surface area contributed by atoms with Crippen LogP contribution >= 0.6 is 11.3 Å². The van der Waals surface area contributed by atoms with E-state index in [2.05, 4.69) is 10.2 Å². The minimum absolute atomic E-state index is 0.0303. The van der Waals surface area contributed by atoms with Crippen LogP contribution < -0.4 is 5.32 Å². The van der Waals surface area contributed by atoms with Crippen LogP contribution in [0.15, 0.2) is 54.6 Å². The molecule has 0 bridgehead atoms. The molecule has 2 aromatic carbocycles. The number of anilines is 1. The number of ketones is 1. The Morgan fingerprint density at radius 2 is 1.75 bits per heavy atom. The number of carbonyl (C=O) groups excluding carboxylic acids is 2. The Balaban J connectivity index is 1.42. The molecule has 0 radical (unpaired) electrons. The molecule has 1 aliphatic heterocycles. The highest BCUT2D eigenvalue weighted by Crippen LogP contribution is 2.32. The lowest BCUT2D eigenvalue weighted by Gasteiger charge is -2.26. The second-order valence-corrected chi connectivity index (χ2v) is 8.97. The average Bonchev–Trinajstić information content (AvgIpc) is 3.21. The molecule has 0 spiro atoms. The Labute approximate surface area is 192 Å². The van der Waals surface area contributed by atoms with Crippen molar-refractivity contribution in [2.75, 3.05) is 31.6 Å². The molecule has 1 aromatic heterocycles. The third kappa shape index (κ3) is 5.88. The van der Waals surface area contributed by atoms with Crippen LogP contribution in [0.1, 0.15) is 33.6 Å². The fourth-order valence-electron chi connectivity index (χ4n) is 3.59. The Morgan fingerprint density at radius 1 is 1.03 bits per heavy atom. The largest absolute Gasteiger partial charge is 0.379 e. The lowest BCUT2D eigenvalue weighted by Crippen LogP contribution is -2.35. The summed E-state index contributed by atoms with van der Waals surface area (Å²) in [5.41, 5.74) is 3.66. The summed E-state index contributed by atoms with van der Waals surface area (Å²) in [7, 11) is 0. The number of aryl methyl sites for hydroxylation is 1. The molecule has 7 heteroatoms. The van der Waals surface area contributed by atoms with Crippen LogP contribution in [0, 0.1) is 6.92 Å². The standard InChI is InChI=1S/C25H27N3O3S/c1-18-7-9-19(10-8-18)21(29)11-12-23(30)26-25-27-24(20-5-3-2-4-6-20)22(32-25)17-28-13-15-31-16-14-28/h2-10H,11-17H2,1H3,(H,26,27,30). The number of Topliss-reactive ketones (excluding diaryl/α,β-unsaturated/α-hetero) is 1. The Kier molecular flexibility index (Phi) is 7.42. The van der Waals surface area contributed by atoms with Crippen molar-refractivity contribution in [2.45, 2.75) is 26.3 Å². The molecule has 3 aromatic rings. The van der Waals surface area contributed by atoms with Gasteiger partial charge in [-0.3, -0.25) is 14.5 Å². The van der Waals surface area contributed by atoms with Gasteiger partial charge in [-0.15, -0.1) is 0 Å². The highest BCUT2D eigenvalue weighted by atomic mass is 32.1. The van der Waals surface area contributed by atoms with E-state index in [9.17, 15) is 9.59 Å². The first kappa shape index (κ1) is 22.3. The van der Waals surface area contributed by atoms with Crippen LogP contribution in [0.5, 0.6) is 0 Å². The van der Waals surface area contributed by atoms with Gasteiger partial charge in [0.25, 0.3) is 0 Å². The first-order chi connectivity index (χ1) is 15.6. The fraction of sp³-hybridized carbons (Fsp3) is 0.320. The molecule has 6 nitrogen and oxygen atoms in total. The first-order valence-corrected chi connectivity index (χ1v) is 11.6. The van der Waals surface area contributed by atoms with E-state index in [1.54, 1.807) is 12.1 Å². The van der Waals surface area contributed by atoms with Gasteiger partial charge >= 0.3 is 0 Å². The molecule has 0 aliphatic carbocycles. The van der Waals surface area contributed by atoms with E-state index in [4.69, 9.17) is 9.72 Å². The zero-order chi connectivity index (χ0) is 22.3. The van der Waals surface area contributed by atoms with Gasteiger partial charge in [0.2, 0.25) is 5.91 Å². The molecule has 1 saturated heterocycles. The maximum atomic E-state index is 12.5. The van der Waals surface area contributed by atoms with Crippen molar-refractivity contribution >= 4 is 28.2 Å². The number of amides is 1. The molecular weight excluding hydrogens is 422 g/mol. The highest BCUT2D eigenvalue weighted by molar-refractivity contribution is 7.16. The summed E-state index contributed by atoms with van der Waals surface area (Å²) in [4.78, 5) is 33.1. The summed E-state index contributed by atoms with van der Waals surface area (Å²) in [6, 6.07) is 17.4. The second kappa shape index (κ2) is 10.6. The van der Waals surface area contributed by atoms with E-state index in [1.165, 1.54) is 11.3 Å². The average molecular weight is 450 g/mol.